The number of carbonyl (C=O) groups excluding carboxylic acids is 1. The van der Waals surface area contributed by atoms with Crippen LogP contribution in [-0.2, 0) is 6.54 Å². The molecule has 0 aliphatic heterocycles. The standard InChI is InChI=1S/C22H25ClN4O4/c1-4-10-31-20-17(23)11-15(12-18(20)30-5-2)22(28)24-13-19-25-21(27-26-19)14-6-8-16(29-3)9-7-14/h6-9,11-12H,4-5,10,13H2,1-3H3,(H,24,28)(H,25,26,27). The third-order valence-electron chi connectivity index (χ3n) is 4.32. The van der Waals surface area contributed by atoms with Gasteiger partial charge in [0.25, 0.3) is 5.91 Å². The molecule has 31 heavy (non-hydrogen) atoms. The van der Waals surface area contributed by atoms with Gasteiger partial charge in [0, 0.05) is 11.1 Å². The molecule has 2 N–H and O–H groups in total. The van der Waals surface area contributed by atoms with Crippen molar-refractivity contribution < 1.29 is 19.0 Å². The first-order valence-electron chi connectivity index (χ1n) is 9.98. The summed E-state index contributed by atoms with van der Waals surface area (Å²) in [6, 6.07) is 10.6. The number of benzene rings is 2. The Bertz CT molecular complexity index is 1020. The third-order valence-corrected chi connectivity index (χ3v) is 4.60. The van der Waals surface area contributed by atoms with Gasteiger partial charge in [0.05, 0.1) is 31.9 Å². The minimum absolute atomic E-state index is 0.178. The molecule has 3 aromatic rings. The molecule has 0 saturated heterocycles. The van der Waals surface area contributed by atoms with E-state index >= 15 is 0 Å². The quantitative estimate of drug-likeness (QED) is 0.485. The second-order valence-corrected chi connectivity index (χ2v) is 6.99. The minimum atomic E-state index is -0.313. The Morgan fingerprint density at radius 2 is 1.94 bits per heavy atom. The molecule has 2 aromatic carbocycles. The van der Waals surface area contributed by atoms with Gasteiger partial charge in [0.1, 0.15) is 11.6 Å². The van der Waals surface area contributed by atoms with Crippen molar-refractivity contribution in [3.63, 3.8) is 0 Å². The topological polar surface area (TPSA) is 98.4 Å². The van der Waals surface area contributed by atoms with Gasteiger partial charge in [-0.05, 0) is 49.7 Å². The number of rotatable bonds is 10. The van der Waals surface area contributed by atoms with Crippen LogP contribution in [0.4, 0.5) is 0 Å². The highest BCUT2D eigenvalue weighted by Crippen LogP contribution is 2.36. The van der Waals surface area contributed by atoms with Gasteiger partial charge in [-0.3, -0.25) is 9.89 Å². The molecule has 1 aromatic heterocycles. The fourth-order valence-electron chi connectivity index (χ4n) is 2.82. The van der Waals surface area contributed by atoms with Crippen molar-refractivity contribution >= 4 is 17.5 Å². The second kappa shape index (κ2) is 10.7. The summed E-state index contributed by atoms with van der Waals surface area (Å²) in [7, 11) is 1.61. The summed E-state index contributed by atoms with van der Waals surface area (Å²) in [5.74, 6) is 2.39. The number of methoxy groups -OCH3 is 1. The molecule has 1 heterocycles. The Morgan fingerprint density at radius 1 is 1.16 bits per heavy atom. The number of carbonyl (C=O) groups is 1. The zero-order valence-electron chi connectivity index (χ0n) is 17.7. The van der Waals surface area contributed by atoms with Crippen LogP contribution in [0.3, 0.4) is 0 Å². The lowest BCUT2D eigenvalue weighted by atomic mass is 10.2. The number of ether oxygens (including phenoxy) is 3. The summed E-state index contributed by atoms with van der Waals surface area (Å²) >= 11 is 6.34. The Labute approximate surface area is 185 Å². The lowest BCUT2D eigenvalue weighted by Crippen LogP contribution is -2.23. The van der Waals surface area contributed by atoms with E-state index in [0.717, 1.165) is 17.7 Å². The molecule has 164 valence electrons. The number of amides is 1. The van der Waals surface area contributed by atoms with Crippen LogP contribution in [-0.4, -0.2) is 41.4 Å². The minimum Gasteiger partial charge on any atom is -0.497 e. The van der Waals surface area contributed by atoms with Gasteiger partial charge in [-0.25, -0.2) is 4.98 Å². The van der Waals surface area contributed by atoms with Crippen molar-refractivity contribution in [1.82, 2.24) is 20.5 Å². The number of aromatic amines is 1. The first-order valence-corrected chi connectivity index (χ1v) is 10.4. The Kier molecular flexibility index (Phi) is 7.72. The number of hydrogen-bond donors (Lipinski definition) is 2. The van der Waals surface area contributed by atoms with Gasteiger partial charge in [0.2, 0.25) is 0 Å². The highest BCUT2D eigenvalue weighted by Gasteiger charge is 2.17. The monoisotopic (exact) mass is 444 g/mol. The maximum atomic E-state index is 12.7. The van der Waals surface area contributed by atoms with Crippen molar-refractivity contribution in [2.45, 2.75) is 26.8 Å². The van der Waals surface area contributed by atoms with Crippen LogP contribution in [0.1, 0.15) is 36.5 Å². The molecule has 0 spiro atoms. The molecule has 9 heteroatoms. The van der Waals surface area contributed by atoms with Crippen molar-refractivity contribution in [2.75, 3.05) is 20.3 Å². The van der Waals surface area contributed by atoms with Crippen LogP contribution in [0, 0.1) is 0 Å². The van der Waals surface area contributed by atoms with E-state index < -0.39 is 0 Å². The first-order chi connectivity index (χ1) is 15.0. The van der Waals surface area contributed by atoms with Gasteiger partial charge < -0.3 is 19.5 Å². The zero-order chi connectivity index (χ0) is 22.2. The van der Waals surface area contributed by atoms with E-state index in [2.05, 4.69) is 20.5 Å². The van der Waals surface area contributed by atoms with Gasteiger partial charge in [0.15, 0.2) is 17.3 Å². The number of H-pyrrole nitrogens is 1. The molecular formula is C22H25ClN4O4. The average Bonchev–Trinajstić information content (AvgIpc) is 3.26. The lowest BCUT2D eigenvalue weighted by Gasteiger charge is -2.14. The molecule has 0 saturated carbocycles. The number of nitrogens with zero attached hydrogens (tertiary/aromatic N) is 2. The van der Waals surface area contributed by atoms with Crippen LogP contribution in [0.5, 0.6) is 17.2 Å². The van der Waals surface area contributed by atoms with Crippen LogP contribution in [0.25, 0.3) is 11.4 Å². The van der Waals surface area contributed by atoms with Crippen LogP contribution in [0.15, 0.2) is 36.4 Å². The summed E-state index contributed by atoms with van der Waals surface area (Å²) in [6.45, 7) is 4.97. The van der Waals surface area contributed by atoms with Crippen molar-refractivity contribution in [3.8, 4) is 28.6 Å². The molecule has 0 aliphatic rings. The van der Waals surface area contributed by atoms with E-state index in [1.54, 1.807) is 19.2 Å². The summed E-state index contributed by atoms with van der Waals surface area (Å²) in [5, 5.41) is 10.2. The van der Waals surface area contributed by atoms with E-state index in [0.29, 0.717) is 46.9 Å². The molecule has 8 nitrogen and oxygen atoms in total. The van der Waals surface area contributed by atoms with Crippen molar-refractivity contribution in [2.24, 2.45) is 0 Å². The predicted octanol–water partition coefficient (Wildman–Crippen LogP) is 4.25. The molecule has 0 aliphatic carbocycles. The van der Waals surface area contributed by atoms with E-state index in [4.69, 9.17) is 25.8 Å². The molecule has 3 rings (SSSR count). The lowest BCUT2D eigenvalue weighted by molar-refractivity contribution is 0.0949. The molecule has 1 amide bonds. The highest BCUT2D eigenvalue weighted by atomic mass is 35.5. The zero-order valence-corrected chi connectivity index (χ0v) is 18.5. The highest BCUT2D eigenvalue weighted by molar-refractivity contribution is 6.32. The Balaban J connectivity index is 1.68. The van der Waals surface area contributed by atoms with E-state index in [1.165, 1.54) is 0 Å². The van der Waals surface area contributed by atoms with Crippen LogP contribution < -0.4 is 19.5 Å². The number of aromatic nitrogens is 3. The number of hydrogen-bond acceptors (Lipinski definition) is 6. The second-order valence-electron chi connectivity index (χ2n) is 6.58. The van der Waals surface area contributed by atoms with Crippen molar-refractivity contribution in [1.29, 1.82) is 0 Å². The fourth-order valence-corrected chi connectivity index (χ4v) is 3.08. The molecule has 0 unspecified atom stereocenters. The summed E-state index contributed by atoms with van der Waals surface area (Å²) in [6.07, 6.45) is 0.833. The van der Waals surface area contributed by atoms with Crippen molar-refractivity contribution in [3.05, 3.63) is 52.8 Å². The maximum absolute atomic E-state index is 12.7. The maximum Gasteiger partial charge on any atom is 0.251 e. The third kappa shape index (κ3) is 5.67. The largest absolute Gasteiger partial charge is 0.497 e. The first kappa shape index (κ1) is 22.4. The fraction of sp³-hybridized carbons (Fsp3) is 0.318. The van der Waals surface area contributed by atoms with E-state index in [9.17, 15) is 4.79 Å². The van der Waals surface area contributed by atoms with E-state index in [1.807, 2.05) is 38.1 Å². The summed E-state index contributed by atoms with van der Waals surface area (Å²) < 4.78 is 16.4. The smallest absolute Gasteiger partial charge is 0.251 e. The van der Waals surface area contributed by atoms with Gasteiger partial charge in [-0.15, -0.1) is 0 Å². The van der Waals surface area contributed by atoms with Crippen LogP contribution in [0.2, 0.25) is 5.02 Å². The van der Waals surface area contributed by atoms with Gasteiger partial charge in [-0.1, -0.05) is 18.5 Å². The van der Waals surface area contributed by atoms with Gasteiger partial charge in [-0.2, -0.15) is 5.10 Å². The molecule has 0 radical (unpaired) electrons. The van der Waals surface area contributed by atoms with E-state index in [-0.39, 0.29) is 12.5 Å². The van der Waals surface area contributed by atoms with Gasteiger partial charge >= 0.3 is 0 Å². The SMILES string of the molecule is CCCOc1c(Cl)cc(C(=O)NCc2nc(-c3ccc(OC)cc3)n[nH]2)cc1OCC. The Hall–Kier alpha value is -3.26. The summed E-state index contributed by atoms with van der Waals surface area (Å²) in [4.78, 5) is 17.1. The summed E-state index contributed by atoms with van der Waals surface area (Å²) in [5.41, 5.74) is 1.21. The molecular weight excluding hydrogens is 420 g/mol. The predicted molar refractivity (Wildman–Crippen MR) is 118 cm³/mol. The normalized spacial score (nSPS) is 10.6. The number of halogens is 1. The molecule has 0 atom stereocenters. The Morgan fingerprint density at radius 3 is 2.61 bits per heavy atom. The van der Waals surface area contributed by atoms with Crippen LogP contribution >= 0.6 is 11.6 Å². The number of nitrogens with one attached hydrogen (secondary N) is 2. The average molecular weight is 445 g/mol. The molecule has 0 fully saturated rings. The molecule has 0 bridgehead atoms.